The highest BCUT2D eigenvalue weighted by Crippen LogP contribution is 2.24. The van der Waals surface area contributed by atoms with Gasteiger partial charge in [0.1, 0.15) is 23.0 Å². The topological polar surface area (TPSA) is 63.8 Å². The summed E-state index contributed by atoms with van der Waals surface area (Å²) in [5.41, 5.74) is 6.23. The van der Waals surface area contributed by atoms with E-state index in [2.05, 4.69) is 15.3 Å². The number of anilines is 2. The normalized spacial score (nSPS) is 12.2. The molecule has 0 spiro atoms. The molecular weight excluding hydrogens is 267 g/mol. The van der Waals surface area contributed by atoms with E-state index in [4.69, 9.17) is 17.3 Å². The molecule has 0 saturated heterocycles. The maximum absolute atomic E-state index is 13.5. The molecule has 3 N–H and O–H groups in total. The lowest BCUT2D eigenvalue weighted by molar-refractivity contribution is 0.601. The van der Waals surface area contributed by atoms with Crippen molar-refractivity contribution in [2.45, 2.75) is 19.4 Å². The van der Waals surface area contributed by atoms with Gasteiger partial charge in [0.05, 0.1) is 0 Å². The molecule has 1 unspecified atom stereocenters. The molecule has 1 heterocycles. The molecule has 0 aliphatic rings. The Kier molecular flexibility index (Phi) is 4.16. The van der Waals surface area contributed by atoms with Crippen molar-refractivity contribution in [1.29, 1.82) is 0 Å². The first kappa shape index (κ1) is 13.5. The molecule has 19 heavy (non-hydrogen) atoms. The van der Waals surface area contributed by atoms with Gasteiger partial charge in [-0.05, 0) is 25.0 Å². The second-order valence-electron chi connectivity index (χ2n) is 4.26. The number of rotatable bonds is 4. The summed E-state index contributed by atoms with van der Waals surface area (Å²) in [6.45, 7) is 1.92. The molecule has 6 heteroatoms. The van der Waals surface area contributed by atoms with Crippen LogP contribution in [0.25, 0.3) is 0 Å². The second kappa shape index (κ2) is 5.84. The summed E-state index contributed by atoms with van der Waals surface area (Å²) in [4.78, 5) is 7.79. The molecule has 1 aromatic heterocycles. The Labute approximate surface area is 115 Å². The van der Waals surface area contributed by atoms with Crippen LogP contribution in [0.1, 0.15) is 12.5 Å². The summed E-state index contributed by atoms with van der Waals surface area (Å²) < 4.78 is 13.5. The van der Waals surface area contributed by atoms with Crippen molar-refractivity contribution >= 4 is 23.2 Å². The fourth-order valence-electron chi connectivity index (χ4n) is 1.76. The van der Waals surface area contributed by atoms with Crippen LogP contribution < -0.4 is 11.1 Å². The number of nitrogens with one attached hydrogen (secondary N) is 1. The van der Waals surface area contributed by atoms with Crippen LogP contribution in [-0.4, -0.2) is 16.0 Å². The van der Waals surface area contributed by atoms with Gasteiger partial charge in [0.25, 0.3) is 0 Å². The number of nitrogens with zero attached hydrogens (tertiary/aromatic N) is 2. The average Bonchev–Trinajstić information content (AvgIpc) is 2.38. The maximum Gasteiger partial charge on any atom is 0.150 e. The summed E-state index contributed by atoms with van der Waals surface area (Å²) in [5.74, 6) is 0.458. The van der Waals surface area contributed by atoms with Crippen LogP contribution in [0.3, 0.4) is 0 Å². The molecule has 1 atom stereocenters. The van der Waals surface area contributed by atoms with Gasteiger partial charge in [0.15, 0.2) is 5.82 Å². The molecule has 2 aromatic rings. The number of halogens is 2. The van der Waals surface area contributed by atoms with Gasteiger partial charge in [0, 0.05) is 6.04 Å². The van der Waals surface area contributed by atoms with Gasteiger partial charge >= 0.3 is 0 Å². The Bertz CT molecular complexity index is 576. The van der Waals surface area contributed by atoms with Crippen LogP contribution in [0.2, 0.25) is 5.02 Å². The fraction of sp³-hybridized carbons (Fsp3) is 0.231. The summed E-state index contributed by atoms with van der Waals surface area (Å²) >= 11 is 5.98. The maximum atomic E-state index is 13.5. The van der Waals surface area contributed by atoms with E-state index < -0.39 is 0 Å². The molecule has 0 aliphatic carbocycles. The minimum absolute atomic E-state index is 0.0382. The molecule has 0 aliphatic heterocycles. The first-order chi connectivity index (χ1) is 9.08. The molecule has 0 amide bonds. The standard InChI is InChI=1S/C13H14ClFN4/c1-8(6-9-4-2-3-5-10(9)15)19-13-11(14)12(16)17-7-18-13/h2-5,7-8H,6H2,1H3,(H3,16,17,18,19). The highest BCUT2D eigenvalue weighted by Gasteiger charge is 2.11. The first-order valence-corrected chi connectivity index (χ1v) is 6.21. The van der Waals surface area contributed by atoms with Gasteiger partial charge in [-0.1, -0.05) is 29.8 Å². The van der Waals surface area contributed by atoms with Crippen molar-refractivity contribution < 1.29 is 4.39 Å². The third-order valence-corrected chi connectivity index (χ3v) is 3.06. The third kappa shape index (κ3) is 3.32. The van der Waals surface area contributed by atoms with Gasteiger partial charge < -0.3 is 11.1 Å². The number of hydrogen-bond donors (Lipinski definition) is 2. The van der Waals surface area contributed by atoms with Crippen LogP contribution in [0, 0.1) is 5.82 Å². The van der Waals surface area contributed by atoms with E-state index in [1.807, 2.05) is 6.92 Å². The van der Waals surface area contributed by atoms with Gasteiger partial charge in [0.2, 0.25) is 0 Å². The minimum atomic E-state index is -0.218. The van der Waals surface area contributed by atoms with Crippen LogP contribution in [-0.2, 0) is 6.42 Å². The lowest BCUT2D eigenvalue weighted by Gasteiger charge is -2.16. The first-order valence-electron chi connectivity index (χ1n) is 5.84. The zero-order valence-electron chi connectivity index (χ0n) is 10.4. The Morgan fingerprint density at radius 3 is 2.84 bits per heavy atom. The highest BCUT2D eigenvalue weighted by molar-refractivity contribution is 6.35. The minimum Gasteiger partial charge on any atom is -0.382 e. The third-order valence-electron chi connectivity index (χ3n) is 2.68. The van der Waals surface area contributed by atoms with E-state index in [0.717, 1.165) is 0 Å². The SMILES string of the molecule is CC(Cc1ccccc1F)Nc1ncnc(N)c1Cl. The van der Waals surface area contributed by atoms with Crippen molar-refractivity contribution in [1.82, 2.24) is 9.97 Å². The molecule has 0 bridgehead atoms. The van der Waals surface area contributed by atoms with Crippen LogP contribution in [0.15, 0.2) is 30.6 Å². The van der Waals surface area contributed by atoms with Crippen molar-refractivity contribution in [2.24, 2.45) is 0 Å². The molecule has 100 valence electrons. The summed E-state index contributed by atoms with van der Waals surface area (Å²) in [7, 11) is 0. The summed E-state index contributed by atoms with van der Waals surface area (Å²) in [6.07, 6.45) is 1.85. The van der Waals surface area contributed by atoms with Crippen LogP contribution >= 0.6 is 11.6 Å². The quantitative estimate of drug-likeness (QED) is 0.904. The van der Waals surface area contributed by atoms with E-state index in [9.17, 15) is 4.39 Å². The predicted octanol–water partition coefficient (Wildman–Crippen LogP) is 2.89. The molecule has 0 fully saturated rings. The average molecular weight is 281 g/mol. The van der Waals surface area contributed by atoms with Gasteiger partial charge in [-0.25, -0.2) is 14.4 Å². The Hall–Kier alpha value is -1.88. The fourth-order valence-corrected chi connectivity index (χ4v) is 1.91. The lowest BCUT2D eigenvalue weighted by Crippen LogP contribution is -2.20. The van der Waals surface area contributed by atoms with Gasteiger partial charge in [-0.2, -0.15) is 0 Å². The van der Waals surface area contributed by atoms with Crippen molar-refractivity contribution in [3.63, 3.8) is 0 Å². The molecule has 2 rings (SSSR count). The zero-order chi connectivity index (χ0) is 13.8. The predicted molar refractivity (Wildman–Crippen MR) is 74.6 cm³/mol. The number of hydrogen-bond acceptors (Lipinski definition) is 4. The van der Waals surface area contributed by atoms with E-state index in [1.165, 1.54) is 12.4 Å². The molecule has 0 saturated carbocycles. The lowest BCUT2D eigenvalue weighted by atomic mass is 10.1. The monoisotopic (exact) mass is 280 g/mol. The van der Waals surface area contributed by atoms with Gasteiger partial charge in [-0.3, -0.25) is 0 Å². The van der Waals surface area contributed by atoms with Crippen molar-refractivity contribution in [2.75, 3.05) is 11.1 Å². The van der Waals surface area contributed by atoms with Gasteiger partial charge in [-0.15, -0.1) is 0 Å². The smallest absolute Gasteiger partial charge is 0.150 e. The Balaban J connectivity index is 2.08. The Morgan fingerprint density at radius 2 is 2.11 bits per heavy atom. The summed E-state index contributed by atoms with van der Waals surface area (Å²) in [5, 5.41) is 3.38. The zero-order valence-corrected chi connectivity index (χ0v) is 11.2. The number of nitrogen functional groups attached to an aromatic ring is 1. The van der Waals surface area contributed by atoms with Crippen molar-refractivity contribution in [3.05, 3.63) is 47.0 Å². The van der Waals surface area contributed by atoms with E-state index in [1.54, 1.807) is 18.2 Å². The molecule has 0 radical (unpaired) electrons. The van der Waals surface area contributed by atoms with Crippen LogP contribution in [0.5, 0.6) is 0 Å². The van der Waals surface area contributed by atoms with Crippen molar-refractivity contribution in [3.8, 4) is 0 Å². The number of benzene rings is 1. The summed E-state index contributed by atoms with van der Waals surface area (Å²) in [6, 6.07) is 6.63. The molecular formula is C13H14ClFN4. The second-order valence-corrected chi connectivity index (χ2v) is 4.64. The highest BCUT2D eigenvalue weighted by atomic mass is 35.5. The number of aromatic nitrogens is 2. The molecule has 1 aromatic carbocycles. The van der Waals surface area contributed by atoms with E-state index in [0.29, 0.717) is 17.8 Å². The Morgan fingerprint density at radius 1 is 1.37 bits per heavy atom. The van der Waals surface area contributed by atoms with Crippen LogP contribution in [0.4, 0.5) is 16.0 Å². The number of nitrogens with two attached hydrogens (primary N) is 1. The largest absolute Gasteiger partial charge is 0.382 e. The molecule has 4 nitrogen and oxygen atoms in total. The van der Waals surface area contributed by atoms with E-state index >= 15 is 0 Å². The van der Waals surface area contributed by atoms with E-state index in [-0.39, 0.29) is 22.7 Å².